The summed E-state index contributed by atoms with van der Waals surface area (Å²) in [4.78, 5) is 10.8. The SMILES string of the molecule is O=CCC(NC1CCCCC1)c1ccccc1. The Hall–Kier alpha value is -1.15. The van der Waals surface area contributed by atoms with Gasteiger partial charge in [0.2, 0.25) is 0 Å². The van der Waals surface area contributed by atoms with Crippen LogP contribution in [-0.2, 0) is 4.79 Å². The molecule has 0 amide bonds. The number of hydrogen-bond donors (Lipinski definition) is 1. The molecule has 1 saturated carbocycles. The summed E-state index contributed by atoms with van der Waals surface area (Å²) in [5, 5.41) is 3.64. The topological polar surface area (TPSA) is 29.1 Å². The lowest BCUT2D eigenvalue weighted by atomic mass is 9.93. The molecule has 17 heavy (non-hydrogen) atoms. The lowest BCUT2D eigenvalue weighted by molar-refractivity contribution is -0.108. The van der Waals surface area contributed by atoms with Gasteiger partial charge in [-0.1, -0.05) is 49.6 Å². The van der Waals surface area contributed by atoms with Gasteiger partial charge in [-0.2, -0.15) is 0 Å². The van der Waals surface area contributed by atoms with E-state index in [2.05, 4.69) is 17.4 Å². The van der Waals surface area contributed by atoms with Crippen LogP contribution in [0.25, 0.3) is 0 Å². The molecule has 2 nitrogen and oxygen atoms in total. The number of aldehydes is 1. The maximum absolute atomic E-state index is 10.8. The summed E-state index contributed by atoms with van der Waals surface area (Å²) in [6, 6.07) is 11.1. The fourth-order valence-electron chi connectivity index (χ4n) is 2.64. The predicted molar refractivity (Wildman–Crippen MR) is 69.9 cm³/mol. The van der Waals surface area contributed by atoms with E-state index in [1.54, 1.807) is 0 Å². The highest BCUT2D eigenvalue weighted by atomic mass is 16.1. The first-order valence-corrected chi connectivity index (χ1v) is 6.65. The molecule has 92 valence electrons. The zero-order valence-corrected chi connectivity index (χ0v) is 10.3. The molecule has 0 spiro atoms. The van der Waals surface area contributed by atoms with Crippen LogP contribution in [-0.4, -0.2) is 12.3 Å². The first-order chi connectivity index (χ1) is 8.40. The Morgan fingerprint density at radius 3 is 2.53 bits per heavy atom. The summed E-state index contributed by atoms with van der Waals surface area (Å²) < 4.78 is 0. The lowest BCUT2D eigenvalue weighted by Gasteiger charge is -2.28. The van der Waals surface area contributed by atoms with E-state index < -0.39 is 0 Å². The van der Waals surface area contributed by atoms with Crippen LogP contribution < -0.4 is 5.32 Å². The molecule has 1 fully saturated rings. The van der Waals surface area contributed by atoms with Crippen LogP contribution in [0.15, 0.2) is 30.3 Å². The van der Waals surface area contributed by atoms with E-state index in [1.165, 1.54) is 37.7 Å². The molecular weight excluding hydrogens is 210 g/mol. The van der Waals surface area contributed by atoms with Gasteiger partial charge >= 0.3 is 0 Å². The number of nitrogens with one attached hydrogen (secondary N) is 1. The van der Waals surface area contributed by atoms with Crippen LogP contribution >= 0.6 is 0 Å². The van der Waals surface area contributed by atoms with E-state index in [9.17, 15) is 4.79 Å². The van der Waals surface area contributed by atoms with Gasteiger partial charge in [-0.3, -0.25) is 0 Å². The molecule has 0 radical (unpaired) electrons. The first kappa shape index (κ1) is 12.3. The molecule has 0 heterocycles. The molecule has 1 N–H and O–H groups in total. The van der Waals surface area contributed by atoms with Gasteiger partial charge in [0.1, 0.15) is 6.29 Å². The minimum absolute atomic E-state index is 0.191. The van der Waals surface area contributed by atoms with Gasteiger partial charge in [-0.15, -0.1) is 0 Å². The van der Waals surface area contributed by atoms with Crippen molar-refractivity contribution in [3.05, 3.63) is 35.9 Å². The Morgan fingerprint density at radius 2 is 1.88 bits per heavy atom. The maximum atomic E-state index is 10.8. The van der Waals surface area contributed by atoms with Crippen molar-refractivity contribution in [1.29, 1.82) is 0 Å². The number of carbonyl (C=O) groups excluding carboxylic acids is 1. The Kier molecular flexibility index (Phi) is 4.75. The number of carbonyl (C=O) groups is 1. The Balaban J connectivity index is 1.99. The minimum Gasteiger partial charge on any atom is -0.307 e. The Morgan fingerprint density at radius 1 is 1.18 bits per heavy atom. The zero-order valence-electron chi connectivity index (χ0n) is 10.3. The Bertz CT molecular complexity index is 330. The molecule has 1 aromatic rings. The third-order valence-electron chi connectivity index (χ3n) is 3.58. The molecule has 0 aromatic heterocycles. The summed E-state index contributed by atoms with van der Waals surface area (Å²) in [5.74, 6) is 0. The summed E-state index contributed by atoms with van der Waals surface area (Å²) >= 11 is 0. The van der Waals surface area contributed by atoms with E-state index in [0.717, 1.165) is 6.29 Å². The second kappa shape index (κ2) is 6.55. The second-order valence-electron chi connectivity index (χ2n) is 4.87. The van der Waals surface area contributed by atoms with Crippen molar-refractivity contribution in [2.45, 2.75) is 50.6 Å². The van der Waals surface area contributed by atoms with Gasteiger partial charge in [0.25, 0.3) is 0 Å². The normalized spacial score (nSPS) is 18.8. The van der Waals surface area contributed by atoms with Gasteiger partial charge in [0, 0.05) is 18.5 Å². The molecule has 1 aliphatic rings. The van der Waals surface area contributed by atoms with E-state index in [-0.39, 0.29) is 6.04 Å². The van der Waals surface area contributed by atoms with Crippen molar-refractivity contribution >= 4 is 6.29 Å². The van der Waals surface area contributed by atoms with Crippen LogP contribution in [0.1, 0.15) is 50.1 Å². The Labute approximate surface area is 103 Å². The average molecular weight is 231 g/mol. The quantitative estimate of drug-likeness (QED) is 0.788. The van der Waals surface area contributed by atoms with E-state index >= 15 is 0 Å². The third kappa shape index (κ3) is 3.67. The summed E-state index contributed by atoms with van der Waals surface area (Å²) in [5.41, 5.74) is 1.23. The van der Waals surface area contributed by atoms with Crippen LogP contribution in [0.2, 0.25) is 0 Å². The standard InChI is InChI=1S/C15H21NO/c17-12-11-15(13-7-3-1-4-8-13)16-14-9-5-2-6-10-14/h1,3-4,7-8,12,14-16H,2,5-6,9-11H2. The summed E-state index contributed by atoms with van der Waals surface area (Å²) in [6.45, 7) is 0. The zero-order chi connectivity index (χ0) is 11.9. The van der Waals surface area contributed by atoms with Gasteiger partial charge in [-0.05, 0) is 18.4 Å². The first-order valence-electron chi connectivity index (χ1n) is 6.65. The van der Waals surface area contributed by atoms with Crippen LogP contribution in [0.5, 0.6) is 0 Å². The fraction of sp³-hybridized carbons (Fsp3) is 0.533. The highest BCUT2D eigenvalue weighted by Crippen LogP contribution is 2.22. The maximum Gasteiger partial charge on any atom is 0.121 e. The molecule has 1 unspecified atom stereocenters. The van der Waals surface area contributed by atoms with Gasteiger partial charge in [0.05, 0.1) is 0 Å². The van der Waals surface area contributed by atoms with Crippen LogP contribution in [0, 0.1) is 0 Å². The highest BCUT2D eigenvalue weighted by molar-refractivity contribution is 5.51. The van der Waals surface area contributed by atoms with E-state index in [4.69, 9.17) is 0 Å². The number of rotatable bonds is 5. The van der Waals surface area contributed by atoms with Gasteiger partial charge in [0.15, 0.2) is 0 Å². The van der Waals surface area contributed by atoms with Crippen molar-refractivity contribution in [1.82, 2.24) is 5.32 Å². The van der Waals surface area contributed by atoms with E-state index in [1.807, 2.05) is 18.2 Å². The van der Waals surface area contributed by atoms with Crippen molar-refractivity contribution in [3.63, 3.8) is 0 Å². The summed E-state index contributed by atoms with van der Waals surface area (Å²) in [6.07, 6.45) is 8.10. The largest absolute Gasteiger partial charge is 0.307 e. The van der Waals surface area contributed by atoms with Crippen molar-refractivity contribution in [2.75, 3.05) is 0 Å². The fourth-order valence-corrected chi connectivity index (χ4v) is 2.64. The monoisotopic (exact) mass is 231 g/mol. The van der Waals surface area contributed by atoms with E-state index in [0.29, 0.717) is 12.5 Å². The third-order valence-corrected chi connectivity index (χ3v) is 3.58. The molecule has 0 aliphatic heterocycles. The second-order valence-corrected chi connectivity index (χ2v) is 4.87. The summed E-state index contributed by atoms with van der Waals surface area (Å²) in [7, 11) is 0. The molecule has 1 aromatic carbocycles. The molecular formula is C15H21NO. The highest BCUT2D eigenvalue weighted by Gasteiger charge is 2.18. The van der Waals surface area contributed by atoms with Crippen molar-refractivity contribution < 1.29 is 4.79 Å². The molecule has 1 atom stereocenters. The predicted octanol–water partition coefficient (Wildman–Crippen LogP) is 3.24. The van der Waals surface area contributed by atoms with Crippen LogP contribution in [0.4, 0.5) is 0 Å². The minimum atomic E-state index is 0.191. The molecule has 0 saturated heterocycles. The van der Waals surface area contributed by atoms with Crippen LogP contribution in [0.3, 0.4) is 0 Å². The molecule has 2 rings (SSSR count). The molecule has 0 bridgehead atoms. The molecule has 2 heteroatoms. The van der Waals surface area contributed by atoms with Gasteiger partial charge in [-0.25, -0.2) is 0 Å². The van der Waals surface area contributed by atoms with Crippen molar-refractivity contribution in [2.24, 2.45) is 0 Å². The molecule has 1 aliphatic carbocycles. The number of benzene rings is 1. The smallest absolute Gasteiger partial charge is 0.121 e. The van der Waals surface area contributed by atoms with Gasteiger partial charge < -0.3 is 10.1 Å². The average Bonchev–Trinajstić information content (AvgIpc) is 2.40. The van der Waals surface area contributed by atoms with Crippen molar-refractivity contribution in [3.8, 4) is 0 Å². The number of hydrogen-bond acceptors (Lipinski definition) is 2. The lowest BCUT2D eigenvalue weighted by Crippen LogP contribution is -2.34.